The van der Waals surface area contributed by atoms with Crippen LogP contribution < -0.4 is 5.32 Å². The standard InChI is InChI=1S/C13H23N3O/c1-3-6-14-11(9-13-15-7-8-16-13)12-5-4-10(2)17-12/h7-8,10-12,14H,3-6,9H2,1-2H3,(H,15,16). The number of hydrogen-bond donors (Lipinski definition) is 2. The van der Waals surface area contributed by atoms with Crippen molar-refractivity contribution in [1.82, 2.24) is 15.3 Å². The summed E-state index contributed by atoms with van der Waals surface area (Å²) in [7, 11) is 0. The maximum absolute atomic E-state index is 5.97. The summed E-state index contributed by atoms with van der Waals surface area (Å²) in [5.41, 5.74) is 0. The van der Waals surface area contributed by atoms with Gasteiger partial charge in [-0.25, -0.2) is 4.98 Å². The molecule has 17 heavy (non-hydrogen) atoms. The highest BCUT2D eigenvalue weighted by Gasteiger charge is 2.29. The van der Waals surface area contributed by atoms with Gasteiger partial charge in [-0.2, -0.15) is 0 Å². The first-order chi connectivity index (χ1) is 8.29. The van der Waals surface area contributed by atoms with Gasteiger partial charge in [-0.15, -0.1) is 0 Å². The highest BCUT2D eigenvalue weighted by Crippen LogP contribution is 2.23. The molecule has 0 aliphatic carbocycles. The van der Waals surface area contributed by atoms with Gasteiger partial charge in [-0.05, 0) is 32.7 Å². The second-order valence-electron chi connectivity index (χ2n) is 4.86. The van der Waals surface area contributed by atoms with Crippen LogP contribution in [0.2, 0.25) is 0 Å². The van der Waals surface area contributed by atoms with Gasteiger partial charge in [0.25, 0.3) is 0 Å². The van der Waals surface area contributed by atoms with E-state index in [1.165, 1.54) is 6.42 Å². The van der Waals surface area contributed by atoms with E-state index in [0.29, 0.717) is 18.2 Å². The van der Waals surface area contributed by atoms with Gasteiger partial charge in [0.05, 0.1) is 12.2 Å². The molecule has 2 N–H and O–H groups in total. The molecule has 96 valence electrons. The van der Waals surface area contributed by atoms with Crippen LogP contribution in [0, 0.1) is 0 Å². The van der Waals surface area contributed by atoms with E-state index in [2.05, 4.69) is 29.1 Å². The lowest BCUT2D eigenvalue weighted by molar-refractivity contribution is 0.0317. The third-order valence-corrected chi connectivity index (χ3v) is 3.34. The molecule has 0 aromatic carbocycles. The second kappa shape index (κ2) is 6.17. The van der Waals surface area contributed by atoms with Crippen LogP contribution in [0.5, 0.6) is 0 Å². The predicted molar refractivity (Wildman–Crippen MR) is 67.9 cm³/mol. The number of H-pyrrole nitrogens is 1. The fraction of sp³-hybridized carbons (Fsp3) is 0.769. The molecule has 0 radical (unpaired) electrons. The number of hydrogen-bond acceptors (Lipinski definition) is 3. The summed E-state index contributed by atoms with van der Waals surface area (Å²) >= 11 is 0. The third-order valence-electron chi connectivity index (χ3n) is 3.34. The molecular weight excluding hydrogens is 214 g/mol. The molecule has 1 fully saturated rings. The van der Waals surface area contributed by atoms with Crippen LogP contribution in [0.25, 0.3) is 0 Å². The van der Waals surface area contributed by atoms with Gasteiger partial charge < -0.3 is 15.0 Å². The smallest absolute Gasteiger partial charge is 0.107 e. The summed E-state index contributed by atoms with van der Waals surface area (Å²) in [6.45, 7) is 5.39. The number of aromatic amines is 1. The molecule has 1 aromatic heterocycles. The van der Waals surface area contributed by atoms with Gasteiger partial charge in [0.1, 0.15) is 5.82 Å². The number of aromatic nitrogens is 2. The quantitative estimate of drug-likeness (QED) is 0.794. The van der Waals surface area contributed by atoms with Crippen LogP contribution in [-0.2, 0) is 11.2 Å². The van der Waals surface area contributed by atoms with Crippen LogP contribution in [-0.4, -0.2) is 34.8 Å². The van der Waals surface area contributed by atoms with Crippen molar-refractivity contribution in [3.05, 3.63) is 18.2 Å². The van der Waals surface area contributed by atoms with Crippen molar-refractivity contribution in [2.45, 2.75) is 57.8 Å². The van der Waals surface area contributed by atoms with Crippen LogP contribution in [0.1, 0.15) is 38.9 Å². The Bertz CT molecular complexity index is 312. The molecule has 3 atom stereocenters. The van der Waals surface area contributed by atoms with Gasteiger partial charge >= 0.3 is 0 Å². The Morgan fingerprint density at radius 3 is 3.06 bits per heavy atom. The van der Waals surface area contributed by atoms with Crippen LogP contribution in [0.15, 0.2) is 12.4 Å². The normalized spacial score (nSPS) is 26.2. The molecule has 0 bridgehead atoms. The Morgan fingerprint density at radius 2 is 2.47 bits per heavy atom. The van der Waals surface area contributed by atoms with E-state index in [-0.39, 0.29) is 0 Å². The van der Waals surface area contributed by atoms with Gasteiger partial charge in [0.15, 0.2) is 0 Å². The number of imidazole rings is 1. The van der Waals surface area contributed by atoms with E-state index in [0.717, 1.165) is 31.6 Å². The minimum atomic E-state index is 0.335. The second-order valence-corrected chi connectivity index (χ2v) is 4.86. The molecular formula is C13H23N3O. The lowest BCUT2D eigenvalue weighted by atomic mass is 10.0. The minimum absolute atomic E-state index is 0.335. The van der Waals surface area contributed by atoms with Crippen molar-refractivity contribution >= 4 is 0 Å². The van der Waals surface area contributed by atoms with Crippen molar-refractivity contribution in [3.8, 4) is 0 Å². The van der Waals surface area contributed by atoms with Crippen LogP contribution in [0.4, 0.5) is 0 Å². The Hall–Kier alpha value is -0.870. The molecule has 0 spiro atoms. The van der Waals surface area contributed by atoms with Crippen molar-refractivity contribution in [1.29, 1.82) is 0 Å². The van der Waals surface area contributed by atoms with Gasteiger partial charge in [0.2, 0.25) is 0 Å². The average molecular weight is 237 g/mol. The molecule has 0 amide bonds. The van der Waals surface area contributed by atoms with Gasteiger partial charge in [0, 0.05) is 24.9 Å². The van der Waals surface area contributed by atoms with E-state index in [1.54, 1.807) is 0 Å². The van der Waals surface area contributed by atoms with Gasteiger partial charge in [-0.3, -0.25) is 0 Å². The first kappa shape index (κ1) is 12.6. The molecule has 3 unspecified atom stereocenters. The Morgan fingerprint density at radius 1 is 1.59 bits per heavy atom. The molecule has 1 saturated heterocycles. The Balaban J connectivity index is 1.92. The number of nitrogens with one attached hydrogen (secondary N) is 2. The van der Waals surface area contributed by atoms with E-state index in [4.69, 9.17) is 4.74 Å². The third kappa shape index (κ3) is 3.54. The van der Waals surface area contributed by atoms with Gasteiger partial charge in [-0.1, -0.05) is 6.92 Å². The zero-order valence-corrected chi connectivity index (χ0v) is 10.8. The van der Waals surface area contributed by atoms with Crippen LogP contribution in [0.3, 0.4) is 0 Å². The largest absolute Gasteiger partial charge is 0.374 e. The number of rotatable bonds is 6. The Labute approximate surface area is 103 Å². The topological polar surface area (TPSA) is 49.9 Å². The van der Waals surface area contributed by atoms with Crippen molar-refractivity contribution in [2.24, 2.45) is 0 Å². The van der Waals surface area contributed by atoms with E-state index in [9.17, 15) is 0 Å². The lowest BCUT2D eigenvalue weighted by Crippen LogP contribution is -2.42. The summed E-state index contributed by atoms with van der Waals surface area (Å²) in [4.78, 5) is 7.48. The SMILES string of the molecule is CCCNC(Cc1ncc[nH]1)C1CCC(C)O1. The first-order valence-corrected chi connectivity index (χ1v) is 6.66. The number of ether oxygens (including phenoxy) is 1. The first-order valence-electron chi connectivity index (χ1n) is 6.66. The minimum Gasteiger partial charge on any atom is -0.374 e. The molecule has 0 saturated carbocycles. The molecule has 4 heteroatoms. The highest BCUT2D eigenvalue weighted by atomic mass is 16.5. The van der Waals surface area contributed by atoms with E-state index in [1.807, 2.05) is 12.4 Å². The van der Waals surface area contributed by atoms with Crippen molar-refractivity contribution in [3.63, 3.8) is 0 Å². The fourth-order valence-corrected chi connectivity index (χ4v) is 2.41. The summed E-state index contributed by atoms with van der Waals surface area (Å²) in [6.07, 6.45) is 8.83. The van der Waals surface area contributed by atoms with E-state index >= 15 is 0 Å². The zero-order chi connectivity index (χ0) is 12.1. The molecule has 2 heterocycles. The monoisotopic (exact) mass is 237 g/mol. The molecule has 1 aromatic rings. The van der Waals surface area contributed by atoms with Crippen molar-refractivity contribution in [2.75, 3.05) is 6.54 Å². The summed E-state index contributed by atoms with van der Waals surface area (Å²) in [5, 5.41) is 3.59. The number of nitrogens with zero attached hydrogens (tertiary/aromatic N) is 1. The molecule has 1 aliphatic rings. The molecule has 1 aliphatic heterocycles. The van der Waals surface area contributed by atoms with Crippen LogP contribution >= 0.6 is 0 Å². The maximum atomic E-state index is 5.97. The molecule has 4 nitrogen and oxygen atoms in total. The summed E-state index contributed by atoms with van der Waals surface area (Å²) in [6, 6.07) is 0.381. The summed E-state index contributed by atoms with van der Waals surface area (Å²) < 4.78 is 5.97. The fourth-order valence-electron chi connectivity index (χ4n) is 2.41. The van der Waals surface area contributed by atoms with E-state index < -0.39 is 0 Å². The summed E-state index contributed by atoms with van der Waals surface area (Å²) in [5.74, 6) is 1.04. The highest BCUT2D eigenvalue weighted by molar-refractivity contribution is 4.95. The lowest BCUT2D eigenvalue weighted by Gasteiger charge is -2.24. The Kier molecular flexibility index (Phi) is 4.57. The average Bonchev–Trinajstić information content (AvgIpc) is 2.95. The van der Waals surface area contributed by atoms with Crippen molar-refractivity contribution < 1.29 is 4.74 Å². The predicted octanol–water partition coefficient (Wildman–Crippen LogP) is 1.89. The molecule has 2 rings (SSSR count). The maximum Gasteiger partial charge on any atom is 0.107 e. The zero-order valence-electron chi connectivity index (χ0n) is 10.8.